The molecule has 0 aromatic heterocycles. The van der Waals surface area contributed by atoms with Crippen LogP contribution in [0.4, 0.5) is 11.4 Å². The number of nitrogens with zero attached hydrogens (tertiary/aromatic N) is 1. The van der Waals surface area contributed by atoms with Gasteiger partial charge in [-0.15, -0.1) is 0 Å². The van der Waals surface area contributed by atoms with Crippen molar-refractivity contribution >= 4 is 17.3 Å². The van der Waals surface area contributed by atoms with Crippen LogP contribution in [-0.2, 0) is 4.79 Å². The van der Waals surface area contributed by atoms with Gasteiger partial charge >= 0.3 is 0 Å². The summed E-state index contributed by atoms with van der Waals surface area (Å²) in [7, 11) is 0. The highest BCUT2D eigenvalue weighted by Crippen LogP contribution is 2.13. The quantitative estimate of drug-likeness (QED) is 0.735. The average molecular weight is 203 g/mol. The summed E-state index contributed by atoms with van der Waals surface area (Å²) >= 11 is 0. The molecule has 0 atom stereocenters. The van der Waals surface area contributed by atoms with Crippen LogP contribution in [0.15, 0.2) is 24.3 Å². The molecule has 0 bridgehead atoms. The van der Waals surface area contributed by atoms with E-state index in [0.29, 0.717) is 13.0 Å². The van der Waals surface area contributed by atoms with Gasteiger partial charge < -0.3 is 10.6 Å². The highest BCUT2D eigenvalue weighted by atomic mass is 16.1. The molecule has 1 amide bonds. The Hall–Kier alpha value is -2.02. The summed E-state index contributed by atoms with van der Waals surface area (Å²) in [6.45, 7) is 2.11. The van der Waals surface area contributed by atoms with Crippen LogP contribution >= 0.6 is 0 Å². The van der Waals surface area contributed by atoms with Crippen molar-refractivity contribution in [3.8, 4) is 6.07 Å². The van der Waals surface area contributed by atoms with Gasteiger partial charge in [0, 0.05) is 24.8 Å². The molecule has 1 rings (SSSR count). The molecule has 4 heteroatoms. The van der Waals surface area contributed by atoms with Crippen molar-refractivity contribution in [3.63, 3.8) is 0 Å². The zero-order valence-electron chi connectivity index (χ0n) is 8.58. The highest BCUT2D eigenvalue weighted by Gasteiger charge is 1.95. The second-order valence-corrected chi connectivity index (χ2v) is 3.09. The van der Waals surface area contributed by atoms with E-state index in [1.807, 2.05) is 24.3 Å². The molecule has 0 fully saturated rings. The lowest BCUT2D eigenvalue weighted by Crippen LogP contribution is -2.06. The number of carbonyl (C=O) groups is 1. The van der Waals surface area contributed by atoms with Crippen molar-refractivity contribution in [2.45, 2.75) is 13.3 Å². The van der Waals surface area contributed by atoms with E-state index in [9.17, 15) is 4.79 Å². The average Bonchev–Trinajstić information content (AvgIpc) is 2.20. The maximum absolute atomic E-state index is 10.7. The third-order valence-corrected chi connectivity index (χ3v) is 1.77. The lowest BCUT2D eigenvalue weighted by Gasteiger charge is -2.05. The molecule has 0 saturated heterocycles. The summed E-state index contributed by atoms with van der Waals surface area (Å²) in [6, 6.07) is 9.41. The van der Waals surface area contributed by atoms with Gasteiger partial charge in [0.2, 0.25) is 5.91 Å². The topological polar surface area (TPSA) is 64.9 Å². The highest BCUT2D eigenvalue weighted by molar-refractivity contribution is 5.88. The smallest absolute Gasteiger partial charge is 0.221 e. The number of hydrogen-bond acceptors (Lipinski definition) is 3. The number of amides is 1. The number of carbonyl (C=O) groups excluding carboxylic acids is 1. The molecule has 1 aromatic carbocycles. The fourth-order valence-corrected chi connectivity index (χ4v) is 1.14. The van der Waals surface area contributed by atoms with Crippen LogP contribution in [0, 0.1) is 11.3 Å². The molecule has 0 heterocycles. The first-order valence-corrected chi connectivity index (χ1v) is 4.71. The van der Waals surface area contributed by atoms with Crippen LogP contribution in [0.3, 0.4) is 0 Å². The molecule has 78 valence electrons. The Balaban J connectivity index is 2.49. The van der Waals surface area contributed by atoms with Gasteiger partial charge in [-0.1, -0.05) is 0 Å². The van der Waals surface area contributed by atoms with Crippen LogP contribution in [0.25, 0.3) is 0 Å². The molecule has 15 heavy (non-hydrogen) atoms. The first kappa shape index (κ1) is 11.1. The Bertz CT molecular complexity index is 364. The summed E-state index contributed by atoms with van der Waals surface area (Å²) in [5.41, 5.74) is 1.72. The monoisotopic (exact) mass is 203 g/mol. The van der Waals surface area contributed by atoms with Crippen molar-refractivity contribution in [1.82, 2.24) is 0 Å². The van der Waals surface area contributed by atoms with E-state index in [1.165, 1.54) is 6.92 Å². The van der Waals surface area contributed by atoms with Gasteiger partial charge in [-0.05, 0) is 24.3 Å². The Morgan fingerprint density at radius 3 is 2.47 bits per heavy atom. The van der Waals surface area contributed by atoms with E-state index < -0.39 is 0 Å². The van der Waals surface area contributed by atoms with E-state index in [1.54, 1.807) is 0 Å². The first-order chi connectivity index (χ1) is 7.22. The number of hydrogen-bond donors (Lipinski definition) is 2. The van der Waals surface area contributed by atoms with Crippen molar-refractivity contribution in [3.05, 3.63) is 24.3 Å². The Morgan fingerprint density at radius 1 is 1.33 bits per heavy atom. The maximum atomic E-state index is 10.7. The summed E-state index contributed by atoms with van der Waals surface area (Å²) in [6.07, 6.45) is 0.480. The second kappa shape index (κ2) is 5.66. The largest absolute Gasteiger partial charge is 0.384 e. The van der Waals surface area contributed by atoms with Crippen LogP contribution in [0.5, 0.6) is 0 Å². The van der Waals surface area contributed by atoms with Crippen molar-refractivity contribution in [2.24, 2.45) is 0 Å². The Kier molecular flexibility index (Phi) is 4.17. The zero-order chi connectivity index (χ0) is 11.1. The lowest BCUT2D eigenvalue weighted by molar-refractivity contribution is -0.114. The summed E-state index contributed by atoms with van der Waals surface area (Å²) in [4.78, 5) is 10.7. The van der Waals surface area contributed by atoms with Crippen molar-refractivity contribution in [1.29, 1.82) is 5.26 Å². The van der Waals surface area contributed by atoms with Gasteiger partial charge in [-0.2, -0.15) is 5.26 Å². The fourth-order valence-electron chi connectivity index (χ4n) is 1.14. The fraction of sp³-hybridized carbons (Fsp3) is 0.273. The van der Waals surface area contributed by atoms with Crippen LogP contribution in [0.1, 0.15) is 13.3 Å². The standard InChI is InChI=1S/C11H13N3O/c1-9(15)14-11-5-3-10(4-6-11)13-8-2-7-12/h3-6,13H,2,8H2,1H3,(H,14,15). The Labute approximate surface area is 88.9 Å². The van der Waals surface area contributed by atoms with E-state index in [4.69, 9.17) is 5.26 Å². The third kappa shape index (κ3) is 4.14. The van der Waals surface area contributed by atoms with Crippen LogP contribution < -0.4 is 10.6 Å². The van der Waals surface area contributed by atoms with Crippen LogP contribution in [-0.4, -0.2) is 12.5 Å². The summed E-state index contributed by atoms with van der Waals surface area (Å²) < 4.78 is 0. The number of nitriles is 1. The molecule has 4 nitrogen and oxygen atoms in total. The molecule has 1 aromatic rings. The molecule has 0 spiro atoms. The molecule has 0 radical (unpaired) electrons. The van der Waals surface area contributed by atoms with Gasteiger partial charge in [0.1, 0.15) is 0 Å². The minimum absolute atomic E-state index is 0.0832. The predicted molar refractivity (Wildman–Crippen MR) is 59.5 cm³/mol. The Morgan fingerprint density at radius 2 is 1.93 bits per heavy atom. The number of rotatable bonds is 4. The summed E-state index contributed by atoms with van der Waals surface area (Å²) in [5, 5.41) is 14.1. The van der Waals surface area contributed by atoms with Gasteiger partial charge in [0.15, 0.2) is 0 Å². The molecule has 2 N–H and O–H groups in total. The molecular formula is C11H13N3O. The molecule has 0 aliphatic rings. The lowest BCUT2D eigenvalue weighted by atomic mass is 10.2. The SMILES string of the molecule is CC(=O)Nc1ccc(NCCC#N)cc1. The van der Waals surface area contributed by atoms with Gasteiger partial charge in [-0.25, -0.2) is 0 Å². The second-order valence-electron chi connectivity index (χ2n) is 3.09. The number of benzene rings is 1. The first-order valence-electron chi connectivity index (χ1n) is 4.71. The van der Waals surface area contributed by atoms with E-state index in [2.05, 4.69) is 16.7 Å². The normalized spacial score (nSPS) is 9.07. The molecule has 0 aliphatic carbocycles. The van der Waals surface area contributed by atoms with Gasteiger partial charge in [0.05, 0.1) is 12.5 Å². The van der Waals surface area contributed by atoms with E-state index in [0.717, 1.165) is 11.4 Å². The van der Waals surface area contributed by atoms with E-state index in [-0.39, 0.29) is 5.91 Å². The number of anilines is 2. The molecular weight excluding hydrogens is 190 g/mol. The molecule has 0 aliphatic heterocycles. The van der Waals surface area contributed by atoms with Crippen molar-refractivity contribution in [2.75, 3.05) is 17.2 Å². The third-order valence-electron chi connectivity index (χ3n) is 1.77. The minimum Gasteiger partial charge on any atom is -0.384 e. The maximum Gasteiger partial charge on any atom is 0.221 e. The van der Waals surface area contributed by atoms with Crippen molar-refractivity contribution < 1.29 is 4.79 Å². The van der Waals surface area contributed by atoms with Gasteiger partial charge in [-0.3, -0.25) is 4.79 Å². The zero-order valence-corrected chi connectivity index (χ0v) is 8.58. The number of nitrogens with one attached hydrogen (secondary N) is 2. The molecule has 0 saturated carbocycles. The predicted octanol–water partition coefficient (Wildman–Crippen LogP) is 1.97. The molecule has 0 unspecified atom stereocenters. The van der Waals surface area contributed by atoms with Gasteiger partial charge in [0.25, 0.3) is 0 Å². The summed E-state index contributed by atoms with van der Waals surface area (Å²) in [5.74, 6) is -0.0832. The van der Waals surface area contributed by atoms with E-state index >= 15 is 0 Å². The van der Waals surface area contributed by atoms with Crippen LogP contribution in [0.2, 0.25) is 0 Å². The minimum atomic E-state index is -0.0832.